The summed E-state index contributed by atoms with van der Waals surface area (Å²) >= 11 is 0. The van der Waals surface area contributed by atoms with Crippen LogP contribution >= 0.6 is 8.44 Å². The Morgan fingerprint density at radius 1 is 1.24 bits per heavy atom. The number of allylic oxidation sites excluding steroid dienone is 3. The molecule has 0 radical (unpaired) electrons. The van der Waals surface area contributed by atoms with E-state index < -0.39 is 21.6 Å². The number of ketones is 1. The molecule has 0 aliphatic carbocycles. The number of nitrogens with one attached hydrogen (secondary N) is 1. The summed E-state index contributed by atoms with van der Waals surface area (Å²) in [5.74, 6) is -0.336. The standard InChI is InChI=1S/C29H44FN2O4PS/c1-17(2)27(21(6)22(7)33)29(34)32-14-12-23(13-15-32)36-28(31-8)20(5)18(3)19(4)25-11-10-24(16-26(25)30)38(9,35)37/h10-11,16-17,23,27,29,31,34,38H,3-4,6,12-15,37H2,1-2,5,7-9H3/b28-20+/t27-,29-/m0/s1. The molecule has 0 aromatic heterocycles. The molecule has 1 aliphatic heterocycles. The van der Waals surface area contributed by atoms with Crippen LogP contribution in [0.3, 0.4) is 0 Å². The molecular weight excluding hydrogens is 522 g/mol. The van der Waals surface area contributed by atoms with Crippen LogP contribution in [-0.4, -0.2) is 58.7 Å². The molecule has 0 bridgehead atoms. The summed E-state index contributed by atoms with van der Waals surface area (Å²) in [5, 5.41) is 14.1. The minimum atomic E-state index is -2.66. The van der Waals surface area contributed by atoms with Gasteiger partial charge in [-0.05, 0) is 67.7 Å². The third-order valence-corrected chi connectivity index (χ3v) is 9.40. The molecule has 1 aromatic rings. The minimum Gasteiger partial charge on any atom is -0.476 e. The zero-order valence-corrected chi connectivity index (χ0v) is 25.6. The van der Waals surface area contributed by atoms with Crippen LogP contribution in [0.1, 0.15) is 46.1 Å². The minimum absolute atomic E-state index is 0.0735. The van der Waals surface area contributed by atoms with Crippen molar-refractivity contribution in [3.63, 3.8) is 0 Å². The fourth-order valence-electron chi connectivity index (χ4n) is 4.70. The molecule has 212 valence electrons. The van der Waals surface area contributed by atoms with Gasteiger partial charge in [0.15, 0.2) is 11.7 Å². The first-order valence-corrected chi connectivity index (χ1v) is 16.6. The number of piperidine rings is 1. The van der Waals surface area contributed by atoms with Crippen molar-refractivity contribution >= 4 is 29.4 Å². The van der Waals surface area contributed by atoms with E-state index in [1.807, 2.05) is 25.7 Å². The highest BCUT2D eigenvalue weighted by atomic mass is 32.8. The molecule has 9 heteroatoms. The van der Waals surface area contributed by atoms with Crippen molar-refractivity contribution in [1.82, 2.24) is 10.2 Å². The number of thiol groups is 1. The number of Topliss-reactive ketones (excluding diaryl/α,β-unsaturated/α-hetero) is 1. The normalized spacial score (nSPS) is 17.8. The fourth-order valence-corrected chi connectivity index (χ4v) is 5.92. The van der Waals surface area contributed by atoms with E-state index in [1.54, 1.807) is 25.4 Å². The molecule has 38 heavy (non-hydrogen) atoms. The number of hydrogen-bond donors (Lipinski definition) is 3. The highest BCUT2D eigenvalue weighted by molar-refractivity contribution is 8.44. The Kier molecular flexibility index (Phi) is 11.2. The van der Waals surface area contributed by atoms with Gasteiger partial charge >= 0.3 is 0 Å². The number of hydrogen-bond acceptors (Lipinski definition) is 6. The predicted molar refractivity (Wildman–Crippen MR) is 160 cm³/mol. The van der Waals surface area contributed by atoms with Gasteiger partial charge in [-0.25, -0.2) is 4.39 Å². The molecule has 0 amide bonds. The largest absolute Gasteiger partial charge is 0.476 e. The fraction of sp³-hybridized carbons (Fsp3) is 0.483. The number of aliphatic hydroxyl groups is 1. The number of ether oxygens (including phenoxy) is 1. The maximum absolute atomic E-state index is 14.9. The Morgan fingerprint density at radius 2 is 1.82 bits per heavy atom. The summed E-state index contributed by atoms with van der Waals surface area (Å²) in [6.45, 7) is 20.6. The van der Waals surface area contributed by atoms with Gasteiger partial charge < -0.3 is 15.2 Å². The summed E-state index contributed by atoms with van der Waals surface area (Å²) in [6.07, 6.45) is 2.05. The number of halogens is 1. The Morgan fingerprint density at radius 3 is 2.26 bits per heavy atom. The van der Waals surface area contributed by atoms with E-state index in [0.717, 1.165) is 0 Å². The van der Waals surface area contributed by atoms with E-state index >= 15 is 0 Å². The molecule has 2 rings (SSSR count). The van der Waals surface area contributed by atoms with Crippen molar-refractivity contribution in [2.75, 3.05) is 26.4 Å². The lowest BCUT2D eigenvalue weighted by Crippen LogP contribution is -2.48. The number of likely N-dealkylation sites (tertiary alicyclic amines) is 1. The molecule has 0 spiro atoms. The van der Waals surface area contributed by atoms with Crippen LogP contribution in [0.15, 0.2) is 65.4 Å². The number of carbonyl (C=O) groups excluding carboxylic acids is 1. The van der Waals surface area contributed by atoms with E-state index in [4.69, 9.17) is 4.74 Å². The van der Waals surface area contributed by atoms with Crippen LogP contribution in [0.4, 0.5) is 4.39 Å². The summed E-state index contributed by atoms with van der Waals surface area (Å²) < 4.78 is 33.4. The highest BCUT2D eigenvalue weighted by Gasteiger charge is 2.34. The van der Waals surface area contributed by atoms with E-state index in [1.165, 1.54) is 13.0 Å². The summed E-state index contributed by atoms with van der Waals surface area (Å²) in [6, 6.07) is 4.52. The van der Waals surface area contributed by atoms with Gasteiger partial charge in [-0.3, -0.25) is 13.9 Å². The van der Waals surface area contributed by atoms with Crippen molar-refractivity contribution in [3.05, 3.63) is 71.9 Å². The topological polar surface area (TPSA) is 78.9 Å². The maximum atomic E-state index is 14.9. The van der Waals surface area contributed by atoms with Gasteiger partial charge in [0.1, 0.15) is 18.1 Å². The second-order valence-electron chi connectivity index (χ2n) is 10.4. The third kappa shape index (κ3) is 7.72. The van der Waals surface area contributed by atoms with Crippen molar-refractivity contribution in [3.8, 4) is 0 Å². The molecule has 6 nitrogen and oxygen atoms in total. The Bertz CT molecular complexity index is 1170. The van der Waals surface area contributed by atoms with E-state index in [0.29, 0.717) is 64.6 Å². The first-order chi connectivity index (χ1) is 17.6. The van der Waals surface area contributed by atoms with Crippen LogP contribution in [-0.2, 0) is 19.1 Å². The zero-order chi connectivity index (χ0) is 28.9. The molecule has 3 atom stereocenters. The van der Waals surface area contributed by atoms with Crippen LogP contribution in [0.2, 0.25) is 0 Å². The van der Waals surface area contributed by atoms with Crippen molar-refractivity contribution in [2.24, 2.45) is 11.8 Å². The Balaban J connectivity index is 2.11. The number of rotatable bonds is 12. The van der Waals surface area contributed by atoms with Crippen LogP contribution in [0, 0.1) is 17.7 Å². The molecule has 0 saturated carbocycles. The SMILES string of the molecule is C=C(C(=C)c1ccc([SH](C)(=O)P)cc1F)/C(C)=C(\NC)OC1CCN([C@@H](O)[C@H](C(=C)C(C)=O)C(C)C)CC1. The summed E-state index contributed by atoms with van der Waals surface area (Å²) in [4.78, 5) is 14.3. The first kappa shape index (κ1) is 32.1. The molecule has 1 aliphatic rings. The van der Waals surface area contributed by atoms with Crippen molar-refractivity contribution < 1.29 is 23.2 Å². The monoisotopic (exact) mass is 566 g/mol. The van der Waals surface area contributed by atoms with Gasteiger partial charge in [-0.1, -0.05) is 57.6 Å². The van der Waals surface area contributed by atoms with E-state index in [9.17, 15) is 18.5 Å². The maximum Gasteiger partial charge on any atom is 0.190 e. The molecule has 1 fully saturated rings. The predicted octanol–water partition coefficient (Wildman–Crippen LogP) is 4.86. The van der Waals surface area contributed by atoms with Gasteiger partial charge in [-0.2, -0.15) is 0 Å². The lowest BCUT2D eigenvalue weighted by molar-refractivity contribution is -0.117. The van der Waals surface area contributed by atoms with Gasteiger partial charge in [-0.15, -0.1) is 0 Å². The molecule has 1 heterocycles. The lowest BCUT2D eigenvalue weighted by Gasteiger charge is -2.40. The van der Waals surface area contributed by atoms with Crippen LogP contribution in [0.5, 0.6) is 0 Å². The summed E-state index contributed by atoms with van der Waals surface area (Å²) in [7, 11) is 1.37. The summed E-state index contributed by atoms with van der Waals surface area (Å²) in [5.41, 5.74) is 2.39. The molecule has 1 aromatic carbocycles. The zero-order valence-electron chi connectivity index (χ0n) is 23.5. The van der Waals surface area contributed by atoms with Crippen molar-refractivity contribution in [1.29, 1.82) is 0 Å². The number of nitrogens with zero attached hydrogens (tertiary/aromatic N) is 1. The average Bonchev–Trinajstić information content (AvgIpc) is 2.85. The average molecular weight is 567 g/mol. The first-order valence-electron chi connectivity index (χ1n) is 12.8. The second kappa shape index (κ2) is 13.3. The van der Waals surface area contributed by atoms with Gasteiger partial charge in [0.25, 0.3) is 0 Å². The van der Waals surface area contributed by atoms with Gasteiger partial charge in [0.05, 0.1) is 0 Å². The van der Waals surface area contributed by atoms with Crippen LogP contribution in [0.25, 0.3) is 5.57 Å². The van der Waals surface area contributed by atoms with Gasteiger partial charge in [0.2, 0.25) is 0 Å². The number of aliphatic hydroxyl groups excluding tert-OH is 1. The Hall–Kier alpha value is -2.12. The van der Waals surface area contributed by atoms with E-state index in [2.05, 4.69) is 33.5 Å². The Labute approximate surface area is 230 Å². The molecule has 1 unspecified atom stereocenters. The third-order valence-electron chi connectivity index (χ3n) is 7.20. The van der Waals surface area contributed by atoms with Crippen molar-refractivity contribution in [2.45, 2.75) is 57.8 Å². The van der Waals surface area contributed by atoms with Gasteiger partial charge in [0, 0.05) is 42.1 Å². The van der Waals surface area contributed by atoms with E-state index in [-0.39, 0.29) is 23.7 Å². The highest BCUT2D eigenvalue weighted by Crippen LogP contribution is 2.33. The lowest BCUT2D eigenvalue weighted by atomic mass is 9.84. The second-order valence-corrected chi connectivity index (χ2v) is 15.9. The quantitative estimate of drug-likeness (QED) is 0.110. The molecule has 1 saturated heterocycles. The molecule has 2 N–H and O–H groups in total. The number of carbonyl (C=O) groups is 1. The van der Waals surface area contributed by atoms with Crippen LogP contribution < -0.4 is 5.32 Å². The molecular formula is C29H44FN2O4PS. The smallest absolute Gasteiger partial charge is 0.190 e. The number of benzene rings is 1.